The summed E-state index contributed by atoms with van der Waals surface area (Å²) in [6, 6.07) is -0.860. The van der Waals surface area contributed by atoms with E-state index in [-0.39, 0.29) is 0 Å². The fraction of sp³-hybridized carbons (Fsp3) is 0.800. The van der Waals surface area contributed by atoms with Gasteiger partial charge in [0.25, 0.3) is 5.91 Å². The molecule has 1 amide bonds. The van der Waals surface area contributed by atoms with Crippen LogP contribution in [0.3, 0.4) is 0 Å². The maximum atomic E-state index is 11.9. The lowest BCUT2D eigenvalue weighted by molar-refractivity contribution is -0.162. The van der Waals surface area contributed by atoms with E-state index in [0.717, 1.165) is 4.90 Å². The Labute approximate surface area is 94.0 Å². The summed E-state index contributed by atoms with van der Waals surface area (Å²) < 4.78 is 0. The largest absolute Gasteiger partial charge is 0.480 e. The van der Waals surface area contributed by atoms with E-state index in [2.05, 4.69) is 0 Å². The zero-order chi connectivity index (χ0) is 12.5. The van der Waals surface area contributed by atoms with E-state index in [9.17, 15) is 14.7 Å². The summed E-state index contributed by atoms with van der Waals surface area (Å²) in [5, 5.41) is 18.7. The Kier molecular flexibility index (Phi) is 3.54. The lowest BCUT2D eigenvalue weighted by Gasteiger charge is -2.32. The van der Waals surface area contributed by atoms with Crippen LogP contribution < -0.4 is 5.73 Å². The summed E-state index contributed by atoms with van der Waals surface area (Å²) in [5.74, 6) is -2.21. The first-order valence-corrected chi connectivity index (χ1v) is 5.33. The molecule has 0 bridgehead atoms. The van der Waals surface area contributed by atoms with E-state index in [1.807, 2.05) is 0 Å². The van der Waals surface area contributed by atoms with Gasteiger partial charge in [-0.3, -0.25) is 10.5 Å². The number of likely N-dealkylation sites (tertiary alicyclic amines) is 1. The Hall–Kier alpha value is -1.14. The van der Waals surface area contributed by atoms with Gasteiger partial charge in [-0.05, 0) is 12.8 Å². The van der Waals surface area contributed by atoms with Gasteiger partial charge in [0.05, 0.1) is 0 Å². The molecule has 92 valence electrons. The number of carboxylic acid groups (broad SMARTS) is 1. The smallest absolute Gasteiger partial charge is 0.326 e. The first kappa shape index (κ1) is 12.9. The Balaban J connectivity index is 2.85. The third kappa shape index (κ3) is 2.17. The monoisotopic (exact) mass is 230 g/mol. The summed E-state index contributed by atoms with van der Waals surface area (Å²) in [7, 11) is 0. The van der Waals surface area contributed by atoms with Crippen LogP contribution in [-0.2, 0) is 9.59 Å². The van der Waals surface area contributed by atoms with Gasteiger partial charge >= 0.3 is 5.97 Å². The first-order valence-electron chi connectivity index (χ1n) is 5.33. The molecular weight excluding hydrogens is 212 g/mol. The lowest BCUT2D eigenvalue weighted by atomic mass is 9.99. The van der Waals surface area contributed by atoms with Crippen molar-refractivity contribution in [2.45, 2.75) is 38.5 Å². The zero-order valence-corrected chi connectivity index (χ0v) is 9.51. The minimum Gasteiger partial charge on any atom is -0.480 e. The normalized spacial score (nSPS) is 24.6. The molecule has 0 radical (unpaired) electrons. The molecule has 2 atom stereocenters. The maximum absolute atomic E-state index is 11.9. The van der Waals surface area contributed by atoms with Crippen molar-refractivity contribution in [2.75, 3.05) is 6.54 Å². The molecule has 1 heterocycles. The van der Waals surface area contributed by atoms with Gasteiger partial charge in [-0.15, -0.1) is 0 Å². The number of amides is 1. The van der Waals surface area contributed by atoms with Gasteiger partial charge in [-0.2, -0.15) is 0 Å². The minimum absolute atomic E-state index is 0.335. The van der Waals surface area contributed by atoms with Crippen molar-refractivity contribution < 1.29 is 19.8 Å². The van der Waals surface area contributed by atoms with Gasteiger partial charge in [-0.25, -0.2) is 4.79 Å². The third-order valence-electron chi connectivity index (χ3n) is 3.02. The number of rotatable bonds is 3. The highest BCUT2D eigenvalue weighted by Crippen LogP contribution is 2.22. The van der Waals surface area contributed by atoms with Crippen LogP contribution in [0.15, 0.2) is 0 Å². The number of aliphatic carboxylic acids is 1. The summed E-state index contributed by atoms with van der Waals surface area (Å²) in [6.07, 6.45) is 1.03. The van der Waals surface area contributed by atoms with E-state index < -0.39 is 29.6 Å². The van der Waals surface area contributed by atoms with Crippen LogP contribution in [0.1, 0.15) is 26.7 Å². The molecule has 0 aliphatic carbocycles. The molecule has 0 aromatic carbocycles. The van der Waals surface area contributed by atoms with Crippen LogP contribution in [0.5, 0.6) is 0 Å². The molecule has 0 aromatic rings. The van der Waals surface area contributed by atoms with Crippen molar-refractivity contribution in [1.82, 2.24) is 4.90 Å². The van der Waals surface area contributed by atoms with E-state index in [0.29, 0.717) is 19.4 Å². The third-order valence-corrected chi connectivity index (χ3v) is 3.02. The molecule has 1 aliphatic rings. The Morgan fingerprint density at radius 3 is 2.50 bits per heavy atom. The van der Waals surface area contributed by atoms with Crippen molar-refractivity contribution >= 4 is 11.9 Å². The van der Waals surface area contributed by atoms with Crippen molar-refractivity contribution in [3.8, 4) is 0 Å². The van der Waals surface area contributed by atoms with E-state index in [4.69, 9.17) is 10.8 Å². The highest BCUT2D eigenvalue weighted by molar-refractivity contribution is 5.89. The second-order valence-corrected chi connectivity index (χ2v) is 4.47. The van der Waals surface area contributed by atoms with Crippen molar-refractivity contribution in [3.05, 3.63) is 0 Å². The molecule has 6 nitrogen and oxygen atoms in total. The van der Waals surface area contributed by atoms with E-state index in [1.165, 1.54) is 0 Å². The Morgan fingerprint density at radius 1 is 1.50 bits per heavy atom. The molecule has 0 spiro atoms. The van der Waals surface area contributed by atoms with Crippen LogP contribution in [-0.4, -0.2) is 45.3 Å². The Morgan fingerprint density at radius 2 is 2.06 bits per heavy atom. The van der Waals surface area contributed by atoms with Gasteiger partial charge in [0, 0.05) is 12.5 Å². The molecule has 1 saturated heterocycles. The number of carbonyl (C=O) groups excluding carboxylic acids is 1. The first-order chi connectivity index (χ1) is 7.28. The topological polar surface area (TPSA) is 104 Å². The van der Waals surface area contributed by atoms with E-state index in [1.54, 1.807) is 13.8 Å². The minimum atomic E-state index is -1.99. The van der Waals surface area contributed by atoms with Crippen LogP contribution >= 0.6 is 0 Å². The highest BCUT2D eigenvalue weighted by Gasteiger charge is 2.44. The standard InChI is InChI=1S/C10H18N2O4/c1-6(2)10(11,16)9(15)12-5-3-4-7(12)8(13)14/h6-7,16H,3-5,11H2,1-2H3,(H,13,14)/t7-,10+/m0/s1. The van der Waals surface area contributed by atoms with Gasteiger partial charge in [-0.1, -0.05) is 13.8 Å². The Bertz CT molecular complexity index is 301. The molecule has 1 fully saturated rings. The predicted molar refractivity (Wildman–Crippen MR) is 56.3 cm³/mol. The average molecular weight is 230 g/mol. The average Bonchev–Trinajstić information content (AvgIpc) is 2.64. The van der Waals surface area contributed by atoms with Gasteiger partial charge in [0.2, 0.25) is 0 Å². The number of nitrogens with two attached hydrogens (primary N) is 1. The SMILES string of the molecule is CC(C)[C@@](N)(O)C(=O)N1CCC[C@H]1C(=O)O. The molecule has 1 aliphatic heterocycles. The number of nitrogens with zero attached hydrogens (tertiary/aromatic N) is 1. The lowest BCUT2D eigenvalue weighted by Crippen LogP contribution is -2.60. The van der Waals surface area contributed by atoms with Crippen molar-refractivity contribution in [1.29, 1.82) is 0 Å². The number of carboxylic acids is 1. The molecule has 0 unspecified atom stereocenters. The summed E-state index contributed by atoms with van der Waals surface area (Å²) in [6.45, 7) is 3.57. The number of aliphatic hydroxyl groups is 1. The van der Waals surface area contributed by atoms with Crippen LogP contribution in [0, 0.1) is 5.92 Å². The highest BCUT2D eigenvalue weighted by atomic mass is 16.4. The second kappa shape index (κ2) is 4.39. The van der Waals surface area contributed by atoms with Crippen LogP contribution in [0.2, 0.25) is 0 Å². The molecule has 4 N–H and O–H groups in total. The molecule has 0 aromatic heterocycles. The summed E-state index contributed by atoms with van der Waals surface area (Å²) in [4.78, 5) is 24.0. The van der Waals surface area contributed by atoms with Crippen molar-refractivity contribution in [3.63, 3.8) is 0 Å². The van der Waals surface area contributed by atoms with Gasteiger partial charge in [0.1, 0.15) is 6.04 Å². The fourth-order valence-corrected chi connectivity index (χ4v) is 1.74. The fourth-order valence-electron chi connectivity index (χ4n) is 1.74. The zero-order valence-electron chi connectivity index (χ0n) is 9.51. The van der Waals surface area contributed by atoms with Crippen LogP contribution in [0.25, 0.3) is 0 Å². The molecule has 16 heavy (non-hydrogen) atoms. The van der Waals surface area contributed by atoms with Gasteiger partial charge < -0.3 is 15.1 Å². The van der Waals surface area contributed by atoms with Crippen molar-refractivity contribution in [2.24, 2.45) is 11.7 Å². The van der Waals surface area contributed by atoms with Gasteiger partial charge in [0.15, 0.2) is 5.72 Å². The molecule has 6 heteroatoms. The van der Waals surface area contributed by atoms with Crippen LogP contribution in [0.4, 0.5) is 0 Å². The second-order valence-electron chi connectivity index (χ2n) is 4.47. The quantitative estimate of drug-likeness (QED) is 0.560. The number of carbonyl (C=O) groups is 2. The summed E-state index contributed by atoms with van der Waals surface area (Å²) in [5.41, 5.74) is 3.53. The number of hydrogen-bond donors (Lipinski definition) is 3. The molecule has 0 saturated carbocycles. The maximum Gasteiger partial charge on any atom is 0.326 e. The predicted octanol–water partition coefficient (Wildman–Crippen LogP) is -0.635. The number of hydrogen-bond acceptors (Lipinski definition) is 4. The summed E-state index contributed by atoms with van der Waals surface area (Å²) >= 11 is 0. The molecule has 1 rings (SSSR count). The van der Waals surface area contributed by atoms with E-state index >= 15 is 0 Å². The molecular formula is C10H18N2O4.